The monoisotopic (exact) mass is 259 g/mol. The minimum absolute atomic E-state index is 0.380. The molecule has 0 spiro atoms. The van der Waals surface area contributed by atoms with Crippen LogP contribution in [0.1, 0.15) is 33.6 Å². The van der Waals surface area contributed by atoms with Gasteiger partial charge >= 0.3 is 12.1 Å². The Morgan fingerprint density at radius 2 is 2.00 bits per heavy atom. The molecule has 18 heavy (non-hydrogen) atoms. The minimum Gasteiger partial charge on any atom is -0.467 e. The first kappa shape index (κ1) is 14.8. The molecule has 1 atom stereocenters. The summed E-state index contributed by atoms with van der Waals surface area (Å²) in [6, 6.07) is 0. The summed E-state index contributed by atoms with van der Waals surface area (Å²) in [5.41, 5.74) is -1.94. The molecule has 1 N–H and O–H groups in total. The maximum atomic E-state index is 12.0. The summed E-state index contributed by atoms with van der Waals surface area (Å²) in [6.45, 7) is 5.17. The zero-order valence-corrected chi connectivity index (χ0v) is 11.4. The molecule has 0 aromatic heterocycles. The second kappa shape index (κ2) is 5.14. The van der Waals surface area contributed by atoms with E-state index in [9.17, 15) is 14.7 Å². The third-order valence-electron chi connectivity index (χ3n) is 2.93. The van der Waals surface area contributed by atoms with Crippen LogP contribution in [0, 0.1) is 0 Å². The van der Waals surface area contributed by atoms with E-state index in [1.807, 2.05) is 0 Å². The van der Waals surface area contributed by atoms with E-state index >= 15 is 0 Å². The van der Waals surface area contributed by atoms with Gasteiger partial charge in [-0.15, -0.1) is 0 Å². The number of methoxy groups -OCH3 is 1. The third kappa shape index (κ3) is 2.75. The van der Waals surface area contributed by atoms with Crippen LogP contribution < -0.4 is 0 Å². The highest BCUT2D eigenvalue weighted by molar-refractivity contribution is 5.86. The van der Waals surface area contributed by atoms with Crippen LogP contribution in [0.4, 0.5) is 4.79 Å². The minimum atomic E-state index is -1.29. The van der Waals surface area contributed by atoms with Crippen molar-refractivity contribution >= 4 is 12.1 Å². The molecular formula is C12H21NO5. The fourth-order valence-electron chi connectivity index (χ4n) is 2.09. The molecule has 6 nitrogen and oxygen atoms in total. The Labute approximate surface area is 107 Å². The fraction of sp³-hybridized carbons (Fsp3) is 0.833. The second-order valence-corrected chi connectivity index (χ2v) is 5.42. The Bertz CT molecular complexity index is 336. The summed E-state index contributed by atoms with van der Waals surface area (Å²) in [4.78, 5) is 25.1. The van der Waals surface area contributed by atoms with Crippen LogP contribution in [0.25, 0.3) is 0 Å². The number of rotatable bonds is 2. The summed E-state index contributed by atoms with van der Waals surface area (Å²) in [6.07, 6.45) is 0.420. The number of nitrogens with zero attached hydrogens (tertiary/aromatic N) is 1. The lowest BCUT2D eigenvalue weighted by Gasteiger charge is -2.35. The van der Waals surface area contributed by atoms with E-state index in [4.69, 9.17) is 9.47 Å². The van der Waals surface area contributed by atoms with Gasteiger partial charge in [-0.3, -0.25) is 4.90 Å². The predicted octanol–water partition coefficient (Wildman–Crippen LogP) is 0.921. The predicted molar refractivity (Wildman–Crippen MR) is 64.0 cm³/mol. The lowest BCUT2D eigenvalue weighted by molar-refractivity contribution is -0.155. The van der Waals surface area contributed by atoms with Crippen molar-refractivity contribution < 1.29 is 24.2 Å². The van der Waals surface area contributed by atoms with Crippen molar-refractivity contribution in [3.63, 3.8) is 0 Å². The molecule has 0 saturated carbocycles. The topological polar surface area (TPSA) is 76.1 Å². The van der Waals surface area contributed by atoms with Gasteiger partial charge in [0, 0.05) is 6.54 Å². The highest BCUT2D eigenvalue weighted by Crippen LogP contribution is 2.31. The number of hydrogen-bond donors (Lipinski definition) is 1. The molecule has 1 aliphatic heterocycles. The highest BCUT2D eigenvalue weighted by Gasteiger charge is 2.51. The van der Waals surface area contributed by atoms with Gasteiger partial charge in [0.15, 0.2) is 5.54 Å². The maximum absolute atomic E-state index is 12.0. The van der Waals surface area contributed by atoms with Crippen LogP contribution in [-0.2, 0) is 14.3 Å². The Kier molecular flexibility index (Phi) is 4.21. The SMILES string of the molecule is COC(=O)[C@]1(CO)CCCN1C(=O)OC(C)(C)C. The summed E-state index contributed by atoms with van der Waals surface area (Å²) >= 11 is 0. The molecule has 1 fully saturated rings. The van der Waals surface area contributed by atoms with Gasteiger partial charge in [0.1, 0.15) is 5.60 Å². The van der Waals surface area contributed by atoms with E-state index in [0.717, 1.165) is 0 Å². The van der Waals surface area contributed by atoms with Crippen LogP contribution in [0.5, 0.6) is 0 Å². The number of esters is 1. The van der Waals surface area contributed by atoms with E-state index in [0.29, 0.717) is 19.4 Å². The molecule has 6 heteroatoms. The largest absolute Gasteiger partial charge is 0.467 e. The molecule has 0 aromatic carbocycles. The quantitative estimate of drug-likeness (QED) is 0.746. The molecule has 0 aromatic rings. The van der Waals surface area contributed by atoms with Gasteiger partial charge in [0.2, 0.25) is 0 Å². The molecule has 0 bridgehead atoms. The molecule has 1 saturated heterocycles. The maximum Gasteiger partial charge on any atom is 0.411 e. The van der Waals surface area contributed by atoms with Gasteiger partial charge in [0.25, 0.3) is 0 Å². The van der Waals surface area contributed by atoms with Crippen molar-refractivity contribution in [2.45, 2.75) is 44.8 Å². The number of hydrogen-bond acceptors (Lipinski definition) is 5. The molecule has 104 valence electrons. The van der Waals surface area contributed by atoms with Crippen LogP contribution in [0.15, 0.2) is 0 Å². The van der Waals surface area contributed by atoms with Gasteiger partial charge in [0.05, 0.1) is 13.7 Å². The smallest absolute Gasteiger partial charge is 0.411 e. The van der Waals surface area contributed by atoms with Crippen LogP contribution in [0.2, 0.25) is 0 Å². The van der Waals surface area contributed by atoms with Crippen molar-refractivity contribution in [3.8, 4) is 0 Å². The first-order valence-corrected chi connectivity index (χ1v) is 5.97. The third-order valence-corrected chi connectivity index (χ3v) is 2.93. The molecular weight excluding hydrogens is 238 g/mol. The Morgan fingerprint density at radius 1 is 1.39 bits per heavy atom. The first-order chi connectivity index (χ1) is 8.27. The number of aliphatic hydroxyl groups excluding tert-OH is 1. The normalized spacial score (nSPS) is 23.9. The van der Waals surface area contributed by atoms with E-state index in [2.05, 4.69) is 0 Å². The summed E-state index contributed by atoms with van der Waals surface area (Å²) < 4.78 is 9.93. The van der Waals surface area contributed by atoms with Crippen LogP contribution >= 0.6 is 0 Å². The van der Waals surface area contributed by atoms with Gasteiger partial charge in [-0.1, -0.05) is 0 Å². The number of carbonyl (C=O) groups excluding carboxylic acids is 2. The van der Waals surface area contributed by atoms with Crippen molar-refractivity contribution in [1.29, 1.82) is 0 Å². The molecule has 0 unspecified atom stereocenters. The fourth-order valence-corrected chi connectivity index (χ4v) is 2.09. The number of aliphatic hydroxyl groups is 1. The lowest BCUT2D eigenvalue weighted by Crippen LogP contribution is -2.57. The molecule has 1 aliphatic rings. The molecule has 1 heterocycles. The first-order valence-electron chi connectivity index (χ1n) is 5.97. The van der Waals surface area contributed by atoms with E-state index < -0.39 is 29.8 Å². The lowest BCUT2D eigenvalue weighted by atomic mass is 9.98. The zero-order valence-electron chi connectivity index (χ0n) is 11.4. The molecule has 1 rings (SSSR count). The summed E-state index contributed by atoms with van der Waals surface area (Å²) in [5.74, 6) is -0.603. The van der Waals surface area contributed by atoms with Crippen LogP contribution in [0.3, 0.4) is 0 Å². The number of likely N-dealkylation sites (tertiary alicyclic amines) is 1. The van der Waals surface area contributed by atoms with Crippen molar-refractivity contribution in [2.75, 3.05) is 20.3 Å². The highest BCUT2D eigenvalue weighted by atomic mass is 16.6. The average molecular weight is 259 g/mol. The van der Waals surface area contributed by atoms with Gasteiger partial charge < -0.3 is 14.6 Å². The van der Waals surface area contributed by atoms with Crippen molar-refractivity contribution in [2.24, 2.45) is 0 Å². The molecule has 0 radical (unpaired) electrons. The summed E-state index contributed by atoms with van der Waals surface area (Å²) in [5, 5.41) is 9.49. The second-order valence-electron chi connectivity index (χ2n) is 5.42. The van der Waals surface area contributed by atoms with Crippen LogP contribution in [-0.4, -0.2) is 53.5 Å². The Hall–Kier alpha value is -1.30. The van der Waals surface area contributed by atoms with Gasteiger partial charge in [-0.25, -0.2) is 9.59 Å². The standard InChI is InChI=1S/C12H21NO5/c1-11(2,3)18-10(16)13-7-5-6-12(13,8-14)9(15)17-4/h14H,5-8H2,1-4H3/t12-/m1/s1. The van der Waals surface area contributed by atoms with Crippen molar-refractivity contribution in [3.05, 3.63) is 0 Å². The number of amides is 1. The van der Waals surface area contributed by atoms with E-state index in [-0.39, 0.29) is 0 Å². The number of carbonyl (C=O) groups is 2. The Balaban J connectivity index is 2.93. The Morgan fingerprint density at radius 3 is 2.44 bits per heavy atom. The van der Waals surface area contributed by atoms with E-state index in [1.165, 1.54) is 12.0 Å². The molecule has 0 aliphatic carbocycles. The van der Waals surface area contributed by atoms with Crippen molar-refractivity contribution in [1.82, 2.24) is 4.90 Å². The van der Waals surface area contributed by atoms with Gasteiger partial charge in [-0.2, -0.15) is 0 Å². The summed E-state index contributed by atoms with van der Waals surface area (Å²) in [7, 11) is 1.24. The zero-order chi connectivity index (χ0) is 14.0. The average Bonchev–Trinajstić information content (AvgIpc) is 2.70. The number of ether oxygens (including phenoxy) is 2. The van der Waals surface area contributed by atoms with E-state index in [1.54, 1.807) is 20.8 Å². The van der Waals surface area contributed by atoms with Gasteiger partial charge in [-0.05, 0) is 33.6 Å². The molecule has 1 amide bonds.